The van der Waals surface area contributed by atoms with Crippen molar-refractivity contribution in [2.45, 2.75) is 31.9 Å². The summed E-state index contributed by atoms with van der Waals surface area (Å²) in [6.45, 7) is 2.75. The second-order valence-electron chi connectivity index (χ2n) is 8.28. The molecule has 0 aliphatic carbocycles. The molecule has 2 amide bonds. The Kier molecular flexibility index (Phi) is 5.84. The number of unbranched alkanes of at least 4 members (excludes halogenated alkanes) is 1. The molecular weight excluding hydrogens is 416 g/mol. The first-order chi connectivity index (χ1) is 16.2. The van der Waals surface area contributed by atoms with Crippen LogP contribution in [-0.4, -0.2) is 24.5 Å². The molecule has 0 unspecified atom stereocenters. The average molecular weight is 443 g/mol. The van der Waals surface area contributed by atoms with Crippen LogP contribution >= 0.6 is 0 Å². The average Bonchev–Trinajstić information content (AvgIpc) is 3.37. The van der Waals surface area contributed by atoms with Crippen molar-refractivity contribution in [2.24, 2.45) is 5.92 Å². The maximum atomic E-state index is 13.6. The number of hydrogen-bond acceptors (Lipinski definition) is 5. The van der Waals surface area contributed by atoms with E-state index in [1.165, 1.54) is 4.90 Å². The fourth-order valence-electron chi connectivity index (χ4n) is 4.48. The molecule has 0 bridgehead atoms. The summed E-state index contributed by atoms with van der Waals surface area (Å²) in [6.07, 6.45) is 1.16. The van der Waals surface area contributed by atoms with Gasteiger partial charge in [0.2, 0.25) is 5.91 Å². The van der Waals surface area contributed by atoms with Gasteiger partial charge in [-0.15, -0.1) is 0 Å². The summed E-state index contributed by atoms with van der Waals surface area (Å²) in [6, 6.07) is 26.0. The summed E-state index contributed by atoms with van der Waals surface area (Å²) in [5, 5.41) is 1.71. The van der Waals surface area contributed by atoms with Gasteiger partial charge in [0.25, 0.3) is 5.91 Å². The van der Waals surface area contributed by atoms with Gasteiger partial charge in [0.15, 0.2) is 6.10 Å². The first kappa shape index (κ1) is 21.2. The highest BCUT2D eigenvalue weighted by Gasteiger charge is 2.60. The van der Waals surface area contributed by atoms with Crippen molar-refractivity contribution in [3.8, 4) is 5.75 Å². The molecule has 0 aromatic heterocycles. The van der Waals surface area contributed by atoms with Gasteiger partial charge in [0, 0.05) is 0 Å². The molecule has 6 heteroatoms. The molecule has 2 aliphatic heterocycles. The van der Waals surface area contributed by atoms with E-state index in [0.29, 0.717) is 12.3 Å². The monoisotopic (exact) mass is 442 g/mol. The van der Waals surface area contributed by atoms with Crippen LogP contribution in [0.2, 0.25) is 0 Å². The van der Waals surface area contributed by atoms with Crippen molar-refractivity contribution in [3.63, 3.8) is 0 Å². The van der Waals surface area contributed by atoms with Crippen LogP contribution in [-0.2, 0) is 14.4 Å². The fraction of sp³-hybridized carbons (Fsp3) is 0.259. The van der Waals surface area contributed by atoms with Gasteiger partial charge in [-0.3, -0.25) is 14.4 Å². The third-order valence-corrected chi connectivity index (χ3v) is 6.13. The molecule has 0 radical (unpaired) electrons. The first-order valence-electron chi connectivity index (χ1n) is 11.4. The number of anilines is 2. The van der Waals surface area contributed by atoms with E-state index < -0.39 is 18.1 Å². The Balaban J connectivity index is 1.45. The molecule has 3 atom stereocenters. The largest absolute Gasteiger partial charge is 0.494 e. The van der Waals surface area contributed by atoms with Crippen LogP contribution in [0.3, 0.4) is 0 Å². The minimum atomic E-state index is -0.872. The molecule has 2 heterocycles. The maximum Gasteiger partial charge on any atom is 0.266 e. The van der Waals surface area contributed by atoms with E-state index in [2.05, 4.69) is 6.92 Å². The molecule has 3 aromatic rings. The minimum absolute atomic E-state index is 0.253. The van der Waals surface area contributed by atoms with E-state index in [9.17, 15) is 9.59 Å². The molecule has 0 spiro atoms. The first-order valence-corrected chi connectivity index (χ1v) is 11.4. The molecule has 2 saturated heterocycles. The molecule has 6 nitrogen and oxygen atoms in total. The normalized spacial score (nSPS) is 22.0. The number of imide groups is 1. The van der Waals surface area contributed by atoms with Crippen LogP contribution in [0.4, 0.5) is 11.4 Å². The number of fused-ring (bicyclic) bond motifs is 1. The highest BCUT2D eigenvalue weighted by Crippen LogP contribution is 2.47. The van der Waals surface area contributed by atoms with Gasteiger partial charge in [0.1, 0.15) is 11.7 Å². The number of hydrogen-bond donors (Lipinski definition) is 0. The van der Waals surface area contributed by atoms with Crippen molar-refractivity contribution in [2.75, 3.05) is 16.6 Å². The van der Waals surface area contributed by atoms with E-state index in [-0.39, 0.29) is 11.8 Å². The second kappa shape index (κ2) is 9.08. The van der Waals surface area contributed by atoms with Crippen molar-refractivity contribution >= 4 is 23.2 Å². The molecule has 2 fully saturated rings. The van der Waals surface area contributed by atoms with Gasteiger partial charge in [-0.1, -0.05) is 61.9 Å². The molecule has 33 heavy (non-hydrogen) atoms. The zero-order valence-corrected chi connectivity index (χ0v) is 18.5. The van der Waals surface area contributed by atoms with E-state index >= 15 is 0 Å². The van der Waals surface area contributed by atoms with Gasteiger partial charge < -0.3 is 4.74 Å². The van der Waals surface area contributed by atoms with Gasteiger partial charge in [0.05, 0.1) is 24.0 Å². The summed E-state index contributed by atoms with van der Waals surface area (Å²) in [7, 11) is 0. The Bertz CT molecular complexity index is 1120. The minimum Gasteiger partial charge on any atom is -0.494 e. The van der Waals surface area contributed by atoms with Crippen molar-refractivity contribution in [3.05, 3.63) is 90.5 Å². The summed E-state index contributed by atoms with van der Waals surface area (Å²) in [5.41, 5.74) is 2.27. The number of para-hydroxylation sites is 1. The smallest absolute Gasteiger partial charge is 0.266 e. The van der Waals surface area contributed by atoms with Gasteiger partial charge in [-0.25, -0.2) is 9.96 Å². The van der Waals surface area contributed by atoms with Gasteiger partial charge in [-0.2, -0.15) is 0 Å². The molecule has 5 rings (SSSR count). The summed E-state index contributed by atoms with van der Waals surface area (Å²) >= 11 is 0. The number of rotatable bonds is 7. The lowest BCUT2D eigenvalue weighted by Crippen LogP contribution is -2.37. The number of benzene rings is 3. The van der Waals surface area contributed by atoms with Crippen molar-refractivity contribution in [1.29, 1.82) is 0 Å². The highest BCUT2D eigenvalue weighted by atomic mass is 16.7. The third-order valence-electron chi connectivity index (χ3n) is 6.13. The topological polar surface area (TPSA) is 59.1 Å². The number of hydroxylamine groups is 1. The van der Waals surface area contributed by atoms with Crippen LogP contribution in [0.5, 0.6) is 5.75 Å². The standard InChI is InChI=1S/C27H26N2O4/c1-2-3-18-32-22-16-14-20(15-17-22)28-26(30)23-24(19-10-6-4-7-11-19)29(33-25(23)27(28)31)21-12-8-5-9-13-21/h4-17,23-25H,2-3,18H2,1H3/t23-,24+,25+/m1/s1. The van der Waals surface area contributed by atoms with E-state index in [1.807, 2.05) is 60.7 Å². The Morgan fingerprint density at radius 2 is 1.48 bits per heavy atom. The lowest BCUT2D eigenvalue weighted by atomic mass is 9.90. The number of amides is 2. The zero-order valence-electron chi connectivity index (χ0n) is 18.5. The summed E-state index contributed by atoms with van der Waals surface area (Å²) in [4.78, 5) is 34.4. The van der Waals surface area contributed by atoms with Gasteiger partial charge >= 0.3 is 0 Å². The number of carbonyl (C=O) groups is 2. The van der Waals surface area contributed by atoms with Gasteiger partial charge in [-0.05, 0) is 48.4 Å². The Labute approximate surface area is 193 Å². The van der Waals surface area contributed by atoms with Crippen LogP contribution in [0, 0.1) is 5.92 Å². The highest BCUT2D eigenvalue weighted by molar-refractivity contribution is 6.23. The molecule has 0 N–H and O–H groups in total. The van der Waals surface area contributed by atoms with E-state index in [4.69, 9.17) is 9.57 Å². The van der Waals surface area contributed by atoms with Crippen LogP contribution in [0.1, 0.15) is 31.4 Å². The lowest BCUT2D eigenvalue weighted by Gasteiger charge is -2.28. The SMILES string of the molecule is CCCCOc1ccc(N2C(=O)[C@H]3[C@H](ON(c4ccccc4)[C@H]3c3ccccc3)C2=O)cc1. The van der Waals surface area contributed by atoms with Crippen LogP contribution in [0.25, 0.3) is 0 Å². The summed E-state index contributed by atoms with van der Waals surface area (Å²) in [5.74, 6) is -0.512. The zero-order chi connectivity index (χ0) is 22.8. The quantitative estimate of drug-likeness (QED) is 0.384. The predicted molar refractivity (Wildman–Crippen MR) is 126 cm³/mol. The van der Waals surface area contributed by atoms with Crippen molar-refractivity contribution in [1.82, 2.24) is 0 Å². The van der Waals surface area contributed by atoms with E-state index in [0.717, 1.165) is 29.8 Å². The fourth-order valence-corrected chi connectivity index (χ4v) is 4.48. The second-order valence-corrected chi connectivity index (χ2v) is 8.28. The lowest BCUT2D eigenvalue weighted by molar-refractivity contribution is -0.126. The Hall–Kier alpha value is -3.64. The molecule has 3 aromatic carbocycles. The number of carbonyl (C=O) groups excluding carboxylic acids is 2. The maximum absolute atomic E-state index is 13.6. The Morgan fingerprint density at radius 3 is 2.15 bits per heavy atom. The molecule has 168 valence electrons. The molecule has 0 saturated carbocycles. The molecular formula is C27H26N2O4. The van der Waals surface area contributed by atoms with Crippen LogP contribution < -0.4 is 14.7 Å². The third kappa shape index (κ3) is 3.87. The van der Waals surface area contributed by atoms with Crippen LogP contribution in [0.15, 0.2) is 84.9 Å². The number of nitrogens with zero attached hydrogens (tertiary/aromatic N) is 2. The summed E-state index contributed by atoms with van der Waals surface area (Å²) < 4.78 is 5.71. The number of ether oxygens (including phenoxy) is 1. The Morgan fingerprint density at radius 1 is 0.818 bits per heavy atom. The van der Waals surface area contributed by atoms with Crippen molar-refractivity contribution < 1.29 is 19.2 Å². The molecule has 2 aliphatic rings. The predicted octanol–water partition coefficient (Wildman–Crippen LogP) is 4.92. The van der Waals surface area contributed by atoms with E-state index in [1.54, 1.807) is 29.3 Å².